The van der Waals surface area contributed by atoms with Crippen LogP contribution >= 0.6 is 0 Å². The summed E-state index contributed by atoms with van der Waals surface area (Å²) in [6, 6.07) is 0. The molecule has 6 heteroatoms. The van der Waals surface area contributed by atoms with Gasteiger partial charge in [0, 0.05) is 0 Å². The fourth-order valence-corrected chi connectivity index (χ4v) is 5.56. The Morgan fingerprint density at radius 1 is 1.17 bits per heavy atom. The molecule has 1 saturated heterocycles. The number of hydrogen-bond acceptors (Lipinski definition) is 2. The van der Waals surface area contributed by atoms with Crippen molar-refractivity contribution in [2.75, 3.05) is 0 Å². The third-order valence-corrected chi connectivity index (χ3v) is 7.53. The molecule has 23 heavy (non-hydrogen) atoms. The largest absolute Gasteiger partial charge is 0.470 e. The van der Waals surface area contributed by atoms with E-state index in [0.29, 0.717) is 11.8 Å². The lowest BCUT2D eigenvalue weighted by Gasteiger charge is -2.64. The lowest BCUT2D eigenvalue weighted by Crippen LogP contribution is -2.65. The second-order valence-corrected chi connectivity index (χ2v) is 9.02. The molecule has 0 aromatic rings. The molecule has 5 atom stereocenters. The van der Waals surface area contributed by atoms with Crippen LogP contribution in [-0.4, -0.2) is 25.0 Å². The Hall–Kier alpha value is -0.225. The summed E-state index contributed by atoms with van der Waals surface area (Å²) in [5.74, 6) is -0.421. The molecule has 0 N–H and O–H groups in total. The highest BCUT2D eigenvalue weighted by molar-refractivity contribution is 6.47. The Morgan fingerprint density at radius 2 is 1.87 bits per heavy atom. The summed E-state index contributed by atoms with van der Waals surface area (Å²) in [4.78, 5) is 0. The average molecular weight is 330 g/mol. The second-order valence-electron chi connectivity index (χ2n) is 9.02. The van der Waals surface area contributed by atoms with Crippen LogP contribution in [0.4, 0.5) is 13.2 Å². The molecule has 4 saturated carbocycles. The molecule has 1 heterocycles. The van der Waals surface area contributed by atoms with Crippen LogP contribution in [-0.2, 0) is 9.31 Å². The van der Waals surface area contributed by atoms with Gasteiger partial charge < -0.3 is 9.31 Å². The number of rotatable bonds is 3. The number of hydrogen-bond donors (Lipinski definition) is 0. The molecule has 5 aliphatic rings. The first-order valence-electron chi connectivity index (χ1n) is 9.02. The van der Waals surface area contributed by atoms with Gasteiger partial charge in [-0.05, 0) is 49.4 Å². The van der Waals surface area contributed by atoms with Gasteiger partial charge in [0.15, 0.2) is 0 Å². The van der Waals surface area contributed by atoms with Gasteiger partial charge in [-0.25, -0.2) is 0 Å². The normalized spacial score (nSPS) is 43.6. The maximum absolute atomic E-state index is 13.6. The molecular formula is C17H26BF3O2. The van der Waals surface area contributed by atoms with Crippen molar-refractivity contribution >= 4 is 7.12 Å². The van der Waals surface area contributed by atoms with E-state index in [4.69, 9.17) is 9.31 Å². The molecule has 5 rings (SSSR count). The Bertz CT molecular complexity index is 491. The van der Waals surface area contributed by atoms with E-state index < -0.39 is 24.7 Å². The SMILES string of the molecule is CC1(C)[C@@H]2C[C@H]3OB([C@H](CC4CCC4)C(F)(F)F)O[C@@]3(C)[C@H]1C2. The molecule has 0 aromatic heterocycles. The minimum absolute atomic E-state index is 0.158. The molecule has 0 unspecified atom stereocenters. The van der Waals surface area contributed by atoms with E-state index in [-0.39, 0.29) is 23.9 Å². The van der Waals surface area contributed by atoms with E-state index in [0.717, 1.165) is 32.1 Å². The van der Waals surface area contributed by atoms with Gasteiger partial charge in [-0.2, -0.15) is 13.2 Å². The lowest BCUT2D eigenvalue weighted by molar-refractivity contribution is -0.200. The van der Waals surface area contributed by atoms with E-state index in [1.54, 1.807) is 0 Å². The van der Waals surface area contributed by atoms with Crippen molar-refractivity contribution < 1.29 is 22.5 Å². The smallest absolute Gasteiger partial charge is 0.405 e. The van der Waals surface area contributed by atoms with Gasteiger partial charge >= 0.3 is 13.3 Å². The third kappa shape index (κ3) is 2.31. The van der Waals surface area contributed by atoms with Gasteiger partial charge in [-0.15, -0.1) is 0 Å². The van der Waals surface area contributed by atoms with E-state index in [1.165, 1.54) is 0 Å². The van der Waals surface area contributed by atoms with Gasteiger partial charge in [0.1, 0.15) is 0 Å². The maximum Gasteiger partial charge on any atom is 0.470 e. The van der Waals surface area contributed by atoms with Gasteiger partial charge in [0.2, 0.25) is 0 Å². The maximum atomic E-state index is 13.6. The minimum atomic E-state index is -4.25. The van der Waals surface area contributed by atoms with Crippen LogP contribution < -0.4 is 0 Å². The average Bonchev–Trinajstić information content (AvgIpc) is 2.71. The zero-order valence-electron chi connectivity index (χ0n) is 14.2. The summed E-state index contributed by atoms with van der Waals surface area (Å²) in [5, 5.41) is 0. The summed E-state index contributed by atoms with van der Waals surface area (Å²) in [5.41, 5.74) is -0.392. The lowest BCUT2D eigenvalue weighted by atomic mass is 9.43. The highest BCUT2D eigenvalue weighted by atomic mass is 19.4. The number of halogens is 3. The predicted octanol–water partition coefficient (Wildman–Crippen LogP) is 4.84. The minimum Gasteiger partial charge on any atom is -0.405 e. The van der Waals surface area contributed by atoms with Crippen LogP contribution in [0.2, 0.25) is 5.82 Å². The Kier molecular flexibility index (Phi) is 3.47. The summed E-state index contributed by atoms with van der Waals surface area (Å²) in [6.07, 6.45) is 0.530. The van der Waals surface area contributed by atoms with Crippen molar-refractivity contribution in [3.63, 3.8) is 0 Å². The molecule has 2 nitrogen and oxygen atoms in total. The van der Waals surface area contributed by atoms with E-state index in [9.17, 15) is 13.2 Å². The van der Waals surface area contributed by atoms with Crippen molar-refractivity contribution in [2.24, 2.45) is 23.2 Å². The Labute approximate surface area is 136 Å². The summed E-state index contributed by atoms with van der Waals surface area (Å²) in [7, 11) is -1.11. The van der Waals surface area contributed by atoms with E-state index in [1.807, 2.05) is 6.92 Å². The van der Waals surface area contributed by atoms with E-state index >= 15 is 0 Å². The van der Waals surface area contributed by atoms with Crippen LogP contribution in [0.3, 0.4) is 0 Å². The van der Waals surface area contributed by atoms with Crippen molar-refractivity contribution in [2.45, 2.75) is 83.0 Å². The topological polar surface area (TPSA) is 18.5 Å². The molecule has 0 radical (unpaired) electrons. The third-order valence-electron chi connectivity index (χ3n) is 7.53. The molecule has 0 aromatic carbocycles. The fourth-order valence-electron chi connectivity index (χ4n) is 5.56. The van der Waals surface area contributed by atoms with Crippen molar-refractivity contribution in [3.8, 4) is 0 Å². The first-order chi connectivity index (χ1) is 10.6. The first kappa shape index (κ1) is 16.3. The molecule has 130 valence electrons. The second kappa shape index (κ2) is 4.90. The van der Waals surface area contributed by atoms with Gasteiger partial charge in [-0.3, -0.25) is 0 Å². The molecule has 2 bridgehead atoms. The van der Waals surface area contributed by atoms with Crippen LogP contribution in [0.5, 0.6) is 0 Å². The highest BCUT2D eigenvalue weighted by Gasteiger charge is 2.70. The zero-order chi connectivity index (χ0) is 16.6. The Morgan fingerprint density at radius 3 is 2.39 bits per heavy atom. The summed E-state index contributed by atoms with van der Waals surface area (Å²) < 4.78 is 52.7. The zero-order valence-corrected chi connectivity index (χ0v) is 14.2. The monoisotopic (exact) mass is 330 g/mol. The van der Waals surface area contributed by atoms with Crippen LogP contribution in [0.1, 0.15) is 59.3 Å². The quantitative estimate of drug-likeness (QED) is 0.690. The molecule has 1 aliphatic heterocycles. The van der Waals surface area contributed by atoms with Crippen LogP contribution in [0.25, 0.3) is 0 Å². The molecule has 0 amide bonds. The van der Waals surface area contributed by atoms with Crippen LogP contribution in [0.15, 0.2) is 0 Å². The van der Waals surface area contributed by atoms with Crippen LogP contribution in [0, 0.1) is 23.2 Å². The van der Waals surface area contributed by atoms with Gasteiger partial charge in [0.05, 0.1) is 17.5 Å². The van der Waals surface area contributed by atoms with Crippen molar-refractivity contribution in [1.82, 2.24) is 0 Å². The van der Waals surface area contributed by atoms with E-state index in [2.05, 4.69) is 13.8 Å². The summed E-state index contributed by atoms with van der Waals surface area (Å²) >= 11 is 0. The predicted molar refractivity (Wildman–Crippen MR) is 81.9 cm³/mol. The standard InChI is InChI=1S/C17H26BF3O2/c1-15(2)11-8-12(15)16(3)14(9-11)22-18(23-16)13(17(19,20)21)7-10-5-4-6-10/h10-14H,4-9H2,1-3H3/t11-,12-,13+,14+,16-/m0/s1. The molecule has 5 fully saturated rings. The van der Waals surface area contributed by atoms with Crippen molar-refractivity contribution in [3.05, 3.63) is 0 Å². The first-order valence-corrected chi connectivity index (χ1v) is 9.02. The Balaban J connectivity index is 1.54. The van der Waals surface area contributed by atoms with Crippen molar-refractivity contribution in [1.29, 1.82) is 0 Å². The molecular weight excluding hydrogens is 304 g/mol. The highest BCUT2D eigenvalue weighted by Crippen LogP contribution is 2.66. The van der Waals surface area contributed by atoms with Gasteiger partial charge in [-0.1, -0.05) is 33.1 Å². The number of alkyl halides is 3. The molecule has 4 aliphatic carbocycles. The molecule has 0 spiro atoms. The summed E-state index contributed by atoms with van der Waals surface area (Å²) in [6.45, 7) is 6.43. The fraction of sp³-hybridized carbons (Fsp3) is 1.00. The van der Waals surface area contributed by atoms with Gasteiger partial charge in [0.25, 0.3) is 0 Å².